The summed E-state index contributed by atoms with van der Waals surface area (Å²) in [4.78, 5) is 1.48. The van der Waals surface area contributed by atoms with Gasteiger partial charge < -0.3 is 5.32 Å². The van der Waals surface area contributed by atoms with Crippen LogP contribution >= 0.6 is 27.3 Å². The van der Waals surface area contributed by atoms with Gasteiger partial charge in [0, 0.05) is 15.4 Å². The number of halogens is 1. The molecule has 1 aromatic heterocycles. The van der Waals surface area contributed by atoms with E-state index in [2.05, 4.69) is 53.6 Å². The molecule has 0 saturated heterocycles. The van der Waals surface area contributed by atoms with Crippen LogP contribution in [0.5, 0.6) is 0 Å². The minimum atomic E-state index is 0.482. The molecule has 2 unspecified atom stereocenters. The van der Waals surface area contributed by atoms with Crippen LogP contribution in [0.15, 0.2) is 15.9 Å². The molecule has 1 nitrogen and oxygen atoms in total. The maximum atomic E-state index is 3.66. The van der Waals surface area contributed by atoms with Crippen molar-refractivity contribution in [2.75, 3.05) is 7.05 Å². The number of rotatable bonds is 4. The van der Waals surface area contributed by atoms with Gasteiger partial charge >= 0.3 is 0 Å². The first kappa shape index (κ1) is 14.5. The lowest BCUT2D eigenvalue weighted by molar-refractivity contribution is 0.101. The minimum absolute atomic E-state index is 0.482. The molecule has 1 aromatic rings. The van der Waals surface area contributed by atoms with E-state index in [0.29, 0.717) is 11.5 Å². The molecule has 0 radical (unpaired) electrons. The third kappa shape index (κ3) is 3.17. The summed E-state index contributed by atoms with van der Waals surface area (Å²) in [6.07, 6.45) is 6.71. The summed E-state index contributed by atoms with van der Waals surface area (Å²) in [6.45, 7) is 4.90. The molecular weight excluding hydrogens is 306 g/mol. The molecule has 2 atom stereocenters. The fraction of sp³-hybridized carbons (Fsp3) is 0.733. The Balaban J connectivity index is 2.10. The van der Waals surface area contributed by atoms with Gasteiger partial charge in [0.25, 0.3) is 0 Å². The molecule has 18 heavy (non-hydrogen) atoms. The lowest BCUT2D eigenvalue weighted by Gasteiger charge is -2.43. The van der Waals surface area contributed by atoms with E-state index in [1.165, 1.54) is 35.0 Å². The molecular formula is C15H24BrNS. The van der Waals surface area contributed by atoms with Crippen LogP contribution in [0.4, 0.5) is 0 Å². The first-order valence-electron chi connectivity index (χ1n) is 6.94. The molecule has 1 fully saturated rings. The minimum Gasteiger partial charge on any atom is -0.316 e. The highest BCUT2D eigenvalue weighted by atomic mass is 79.9. The van der Waals surface area contributed by atoms with Crippen molar-refractivity contribution in [2.24, 2.45) is 11.3 Å². The zero-order valence-corrected chi connectivity index (χ0v) is 14.0. The molecule has 102 valence electrons. The first-order valence-corrected chi connectivity index (χ1v) is 8.61. The number of hydrogen-bond acceptors (Lipinski definition) is 2. The number of nitrogens with one attached hydrogen (secondary N) is 1. The van der Waals surface area contributed by atoms with E-state index < -0.39 is 0 Å². The Hall–Kier alpha value is 0.140. The van der Waals surface area contributed by atoms with Gasteiger partial charge in [0.2, 0.25) is 0 Å². The topological polar surface area (TPSA) is 12.0 Å². The van der Waals surface area contributed by atoms with E-state index in [4.69, 9.17) is 0 Å². The van der Waals surface area contributed by atoms with Crippen molar-refractivity contribution >= 4 is 27.3 Å². The van der Waals surface area contributed by atoms with Crippen molar-refractivity contribution < 1.29 is 0 Å². The molecule has 1 saturated carbocycles. The molecule has 0 spiro atoms. The van der Waals surface area contributed by atoms with E-state index in [0.717, 1.165) is 12.3 Å². The molecule has 0 aliphatic heterocycles. The standard InChI is InChI=1S/C15H24BrNS/c1-15(2)8-5-4-6-11(15)13(17-3)10-14-12(16)7-9-18-14/h7,9,11,13,17H,4-6,8,10H2,1-3H3. The fourth-order valence-corrected chi connectivity index (χ4v) is 4.96. The zero-order chi connectivity index (χ0) is 13.2. The highest BCUT2D eigenvalue weighted by Crippen LogP contribution is 2.43. The van der Waals surface area contributed by atoms with Crippen LogP contribution in [0.3, 0.4) is 0 Å². The van der Waals surface area contributed by atoms with Gasteiger partial charge in [0.15, 0.2) is 0 Å². The normalized spacial score (nSPS) is 25.0. The largest absolute Gasteiger partial charge is 0.316 e. The van der Waals surface area contributed by atoms with Gasteiger partial charge in [-0.1, -0.05) is 26.7 Å². The second kappa shape index (κ2) is 6.06. The van der Waals surface area contributed by atoms with Crippen LogP contribution in [0.25, 0.3) is 0 Å². The van der Waals surface area contributed by atoms with Crippen molar-refractivity contribution in [3.63, 3.8) is 0 Å². The Morgan fingerprint density at radius 2 is 2.28 bits per heavy atom. The SMILES string of the molecule is CNC(Cc1sccc1Br)C1CCCCC1(C)C. The smallest absolute Gasteiger partial charge is 0.0314 e. The number of hydrogen-bond donors (Lipinski definition) is 1. The number of thiophene rings is 1. The van der Waals surface area contributed by atoms with Crippen molar-refractivity contribution in [1.29, 1.82) is 0 Å². The Morgan fingerprint density at radius 1 is 1.50 bits per heavy atom. The predicted molar refractivity (Wildman–Crippen MR) is 84.3 cm³/mol. The molecule has 1 aliphatic rings. The Morgan fingerprint density at radius 3 is 2.83 bits per heavy atom. The summed E-state index contributed by atoms with van der Waals surface area (Å²) in [5.74, 6) is 0.797. The maximum absolute atomic E-state index is 3.66. The molecule has 1 aliphatic carbocycles. The van der Waals surface area contributed by atoms with Gasteiger partial charge in [0.05, 0.1) is 0 Å². The summed E-state index contributed by atoms with van der Waals surface area (Å²) in [5, 5.41) is 5.76. The average Bonchev–Trinajstić information content (AvgIpc) is 2.72. The lowest BCUT2D eigenvalue weighted by Crippen LogP contribution is -2.44. The Bertz CT molecular complexity index is 386. The van der Waals surface area contributed by atoms with Crippen LogP contribution in [-0.4, -0.2) is 13.1 Å². The van der Waals surface area contributed by atoms with Crippen LogP contribution in [0.1, 0.15) is 44.4 Å². The predicted octanol–water partition coefficient (Wildman–Crippen LogP) is 4.86. The summed E-state index contributed by atoms with van der Waals surface area (Å²) in [7, 11) is 2.12. The van der Waals surface area contributed by atoms with E-state index >= 15 is 0 Å². The molecule has 2 rings (SSSR count). The zero-order valence-electron chi connectivity index (χ0n) is 11.6. The first-order chi connectivity index (χ1) is 8.54. The molecule has 0 aromatic carbocycles. The van der Waals surface area contributed by atoms with Crippen LogP contribution < -0.4 is 5.32 Å². The number of likely N-dealkylation sites (N-methyl/N-ethyl adjacent to an activating group) is 1. The van der Waals surface area contributed by atoms with Gasteiger partial charge in [-0.15, -0.1) is 11.3 Å². The van der Waals surface area contributed by atoms with Gasteiger partial charge in [-0.2, -0.15) is 0 Å². The lowest BCUT2D eigenvalue weighted by atomic mass is 9.65. The van der Waals surface area contributed by atoms with E-state index in [9.17, 15) is 0 Å². The second-order valence-electron chi connectivity index (χ2n) is 6.13. The van der Waals surface area contributed by atoms with Crippen LogP contribution in [0.2, 0.25) is 0 Å². The molecule has 1 heterocycles. The van der Waals surface area contributed by atoms with Crippen molar-refractivity contribution in [3.05, 3.63) is 20.8 Å². The summed E-state index contributed by atoms with van der Waals surface area (Å²) >= 11 is 5.53. The Kier molecular flexibility index (Phi) is 4.90. The third-order valence-corrected chi connectivity index (χ3v) is 6.49. The molecule has 0 amide bonds. The van der Waals surface area contributed by atoms with Gasteiger partial charge in [-0.05, 0) is 65.0 Å². The maximum Gasteiger partial charge on any atom is 0.0314 e. The van der Waals surface area contributed by atoms with E-state index in [1.807, 2.05) is 11.3 Å². The van der Waals surface area contributed by atoms with Crippen molar-refractivity contribution in [1.82, 2.24) is 5.32 Å². The average molecular weight is 330 g/mol. The van der Waals surface area contributed by atoms with Crippen LogP contribution in [-0.2, 0) is 6.42 Å². The van der Waals surface area contributed by atoms with E-state index in [1.54, 1.807) is 0 Å². The van der Waals surface area contributed by atoms with E-state index in [-0.39, 0.29) is 0 Å². The highest BCUT2D eigenvalue weighted by Gasteiger charge is 2.37. The van der Waals surface area contributed by atoms with Gasteiger partial charge in [-0.25, -0.2) is 0 Å². The molecule has 1 N–H and O–H groups in total. The fourth-order valence-electron chi connectivity index (χ4n) is 3.38. The summed E-state index contributed by atoms with van der Waals surface area (Å²) in [5.41, 5.74) is 0.482. The van der Waals surface area contributed by atoms with Crippen molar-refractivity contribution in [2.45, 2.75) is 52.0 Å². The molecule has 3 heteroatoms. The van der Waals surface area contributed by atoms with Crippen LogP contribution in [0, 0.1) is 11.3 Å². The molecule has 0 bridgehead atoms. The quantitative estimate of drug-likeness (QED) is 0.831. The van der Waals surface area contributed by atoms with Gasteiger partial charge in [-0.3, -0.25) is 0 Å². The highest BCUT2D eigenvalue weighted by molar-refractivity contribution is 9.10. The summed E-state index contributed by atoms with van der Waals surface area (Å²) < 4.78 is 1.28. The second-order valence-corrected chi connectivity index (χ2v) is 7.99. The van der Waals surface area contributed by atoms with Crippen molar-refractivity contribution in [3.8, 4) is 0 Å². The third-order valence-electron chi connectivity index (χ3n) is 4.54. The van der Waals surface area contributed by atoms with Gasteiger partial charge in [0.1, 0.15) is 0 Å². The Labute approximate surface area is 123 Å². The summed E-state index contributed by atoms with van der Waals surface area (Å²) in [6, 6.07) is 2.77. The monoisotopic (exact) mass is 329 g/mol.